The van der Waals surface area contributed by atoms with E-state index in [-0.39, 0.29) is 23.8 Å². The molecule has 2 N–H and O–H groups in total. The minimum absolute atomic E-state index is 0.0141. The number of ether oxygens (including phenoxy) is 1. The van der Waals surface area contributed by atoms with E-state index in [1.165, 1.54) is 32.1 Å². The number of aryl methyl sites for hydroxylation is 1. The zero-order valence-corrected chi connectivity index (χ0v) is 11.3. The Morgan fingerprint density at radius 2 is 2.17 bits per heavy atom. The number of methoxy groups -OCH3 is 1. The van der Waals surface area contributed by atoms with E-state index in [0.717, 1.165) is 4.31 Å². The molecule has 9 heteroatoms. The molecule has 0 radical (unpaired) electrons. The van der Waals surface area contributed by atoms with Crippen LogP contribution in [0.25, 0.3) is 0 Å². The second-order valence-electron chi connectivity index (χ2n) is 3.76. The normalized spacial score (nSPS) is 11.8. The average Bonchev–Trinajstić information content (AvgIpc) is 2.67. The van der Waals surface area contributed by atoms with Gasteiger partial charge in [0.2, 0.25) is 10.0 Å². The first kappa shape index (κ1) is 14.5. The monoisotopic (exact) mass is 276 g/mol. The summed E-state index contributed by atoms with van der Waals surface area (Å²) in [5.74, 6) is -0.682. The first-order chi connectivity index (χ1) is 8.29. The van der Waals surface area contributed by atoms with Crippen LogP contribution in [0.3, 0.4) is 0 Å². The van der Waals surface area contributed by atoms with Crippen LogP contribution in [0.5, 0.6) is 0 Å². The van der Waals surface area contributed by atoms with Crippen LogP contribution >= 0.6 is 0 Å². The topological polar surface area (TPSA) is 108 Å². The number of sulfonamides is 1. The standard InChI is InChI=1S/C9H16N4O4S/c1-12(2)18(15,16)5-4-13-6-11-7(8(13)10)9(14)17-3/h6H,4-5,10H2,1-3H3. The molecule has 0 bridgehead atoms. The number of imidazole rings is 1. The number of esters is 1. The fourth-order valence-electron chi connectivity index (χ4n) is 1.22. The number of carbonyl (C=O) groups is 1. The van der Waals surface area contributed by atoms with Gasteiger partial charge in [0.25, 0.3) is 0 Å². The van der Waals surface area contributed by atoms with Crippen LogP contribution in [0.15, 0.2) is 6.33 Å². The van der Waals surface area contributed by atoms with Crippen LogP contribution in [0.4, 0.5) is 5.82 Å². The predicted molar refractivity (Wildman–Crippen MR) is 65.5 cm³/mol. The van der Waals surface area contributed by atoms with Crippen molar-refractivity contribution in [1.29, 1.82) is 0 Å². The van der Waals surface area contributed by atoms with Gasteiger partial charge >= 0.3 is 5.97 Å². The Hall–Kier alpha value is -1.61. The highest BCUT2D eigenvalue weighted by Gasteiger charge is 2.18. The van der Waals surface area contributed by atoms with Crippen molar-refractivity contribution in [3.63, 3.8) is 0 Å². The lowest BCUT2D eigenvalue weighted by Gasteiger charge is -2.11. The summed E-state index contributed by atoms with van der Waals surface area (Å²) in [4.78, 5) is 15.0. The zero-order valence-electron chi connectivity index (χ0n) is 10.5. The molecule has 0 aromatic carbocycles. The zero-order chi connectivity index (χ0) is 13.9. The maximum Gasteiger partial charge on any atom is 0.360 e. The molecule has 1 aromatic rings. The minimum Gasteiger partial charge on any atom is -0.464 e. The fourth-order valence-corrected chi connectivity index (χ4v) is 2.01. The van der Waals surface area contributed by atoms with Gasteiger partial charge in [-0.05, 0) is 0 Å². The lowest BCUT2D eigenvalue weighted by Crippen LogP contribution is -2.27. The van der Waals surface area contributed by atoms with E-state index in [0.29, 0.717) is 0 Å². The summed E-state index contributed by atoms with van der Waals surface area (Å²) >= 11 is 0. The van der Waals surface area contributed by atoms with Gasteiger partial charge in [-0.15, -0.1) is 0 Å². The summed E-state index contributed by atoms with van der Waals surface area (Å²) in [5, 5.41) is 0. The molecule has 1 rings (SSSR count). The fraction of sp³-hybridized carbons (Fsp3) is 0.556. The number of hydrogen-bond donors (Lipinski definition) is 1. The van der Waals surface area contributed by atoms with Gasteiger partial charge in [-0.3, -0.25) is 0 Å². The SMILES string of the molecule is COC(=O)c1ncn(CCS(=O)(=O)N(C)C)c1N. The highest BCUT2D eigenvalue weighted by atomic mass is 32.2. The van der Waals surface area contributed by atoms with Crippen LogP contribution in [-0.4, -0.2) is 55.2 Å². The average molecular weight is 276 g/mol. The van der Waals surface area contributed by atoms with Crippen molar-refractivity contribution in [2.75, 3.05) is 32.7 Å². The summed E-state index contributed by atoms with van der Waals surface area (Å²) in [6, 6.07) is 0. The third-order valence-electron chi connectivity index (χ3n) is 2.40. The maximum atomic E-state index is 11.6. The highest BCUT2D eigenvalue weighted by molar-refractivity contribution is 7.89. The number of rotatable bonds is 5. The summed E-state index contributed by atoms with van der Waals surface area (Å²) in [6.07, 6.45) is 1.31. The Balaban J connectivity index is 2.82. The number of carbonyl (C=O) groups excluding carboxylic acids is 1. The Labute approximate surface area is 105 Å². The van der Waals surface area contributed by atoms with E-state index < -0.39 is 16.0 Å². The Morgan fingerprint density at radius 3 is 2.67 bits per heavy atom. The van der Waals surface area contributed by atoms with Crippen LogP contribution in [0.1, 0.15) is 10.5 Å². The molecule has 102 valence electrons. The lowest BCUT2D eigenvalue weighted by molar-refractivity contribution is 0.0596. The smallest absolute Gasteiger partial charge is 0.360 e. The van der Waals surface area contributed by atoms with E-state index in [1.54, 1.807) is 0 Å². The largest absolute Gasteiger partial charge is 0.464 e. The molecule has 0 saturated carbocycles. The van der Waals surface area contributed by atoms with Gasteiger partial charge in [0, 0.05) is 20.6 Å². The summed E-state index contributed by atoms with van der Waals surface area (Å²) < 4.78 is 30.2. The Kier molecular flexibility index (Phi) is 4.30. The summed E-state index contributed by atoms with van der Waals surface area (Å²) in [7, 11) is 0.805. The number of nitrogen functional groups attached to an aromatic ring is 1. The molecule has 0 amide bonds. The molecular weight excluding hydrogens is 260 g/mol. The van der Waals surface area contributed by atoms with Crippen molar-refractivity contribution in [2.45, 2.75) is 6.54 Å². The molecule has 0 unspecified atom stereocenters. The molecule has 1 heterocycles. The van der Waals surface area contributed by atoms with Crippen LogP contribution in [0, 0.1) is 0 Å². The maximum absolute atomic E-state index is 11.6. The first-order valence-electron chi connectivity index (χ1n) is 5.08. The minimum atomic E-state index is -3.32. The number of nitrogens with zero attached hydrogens (tertiary/aromatic N) is 3. The molecule has 0 saturated heterocycles. The number of aromatic nitrogens is 2. The Bertz CT molecular complexity index is 535. The molecular formula is C9H16N4O4S. The highest BCUT2D eigenvalue weighted by Crippen LogP contribution is 2.11. The van der Waals surface area contributed by atoms with Gasteiger partial charge in [0.1, 0.15) is 5.82 Å². The molecule has 0 atom stereocenters. The van der Waals surface area contributed by atoms with E-state index in [1.807, 2.05) is 0 Å². The molecule has 8 nitrogen and oxygen atoms in total. The lowest BCUT2D eigenvalue weighted by atomic mass is 10.4. The van der Waals surface area contributed by atoms with Gasteiger partial charge < -0.3 is 15.0 Å². The first-order valence-corrected chi connectivity index (χ1v) is 6.69. The molecule has 0 spiro atoms. The third-order valence-corrected chi connectivity index (χ3v) is 4.21. The molecule has 0 aliphatic rings. The number of hydrogen-bond acceptors (Lipinski definition) is 6. The number of anilines is 1. The molecule has 0 fully saturated rings. The van der Waals surface area contributed by atoms with Crippen molar-refractivity contribution >= 4 is 21.8 Å². The molecule has 1 aromatic heterocycles. The molecule has 0 aliphatic carbocycles. The quantitative estimate of drug-likeness (QED) is 0.701. The second-order valence-corrected chi connectivity index (χ2v) is 6.06. The van der Waals surface area contributed by atoms with Crippen molar-refractivity contribution in [2.24, 2.45) is 0 Å². The molecule has 0 aliphatic heterocycles. The van der Waals surface area contributed by atoms with Crippen LogP contribution in [-0.2, 0) is 21.3 Å². The van der Waals surface area contributed by atoms with Crippen molar-refractivity contribution in [3.8, 4) is 0 Å². The van der Waals surface area contributed by atoms with Gasteiger partial charge in [-0.25, -0.2) is 22.5 Å². The third kappa shape index (κ3) is 2.99. The van der Waals surface area contributed by atoms with E-state index in [9.17, 15) is 13.2 Å². The predicted octanol–water partition coefficient (Wildman–Crippen LogP) is -0.857. The van der Waals surface area contributed by atoms with Crippen LogP contribution < -0.4 is 5.73 Å². The second kappa shape index (κ2) is 5.36. The van der Waals surface area contributed by atoms with Crippen molar-refractivity contribution < 1.29 is 17.9 Å². The number of nitrogens with two attached hydrogens (primary N) is 1. The van der Waals surface area contributed by atoms with Gasteiger partial charge in [0.05, 0.1) is 19.2 Å². The molecule has 18 heavy (non-hydrogen) atoms. The van der Waals surface area contributed by atoms with Gasteiger partial charge in [0.15, 0.2) is 5.69 Å². The van der Waals surface area contributed by atoms with Crippen molar-refractivity contribution in [3.05, 3.63) is 12.0 Å². The van der Waals surface area contributed by atoms with E-state index in [4.69, 9.17) is 5.73 Å². The van der Waals surface area contributed by atoms with Gasteiger partial charge in [-0.1, -0.05) is 0 Å². The van der Waals surface area contributed by atoms with E-state index >= 15 is 0 Å². The Morgan fingerprint density at radius 1 is 1.56 bits per heavy atom. The van der Waals surface area contributed by atoms with Gasteiger partial charge in [-0.2, -0.15) is 0 Å². The van der Waals surface area contributed by atoms with Crippen LogP contribution in [0.2, 0.25) is 0 Å². The summed E-state index contributed by atoms with van der Waals surface area (Å²) in [6.45, 7) is 0.121. The van der Waals surface area contributed by atoms with Crippen molar-refractivity contribution in [1.82, 2.24) is 13.9 Å². The van der Waals surface area contributed by atoms with E-state index in [2.05, 4.69) is 9.72 Å². The summed E-state index contributed by atoms with van der Waals surface area (Å²) in [5.41, 5.74) is 5.66.